The SMILES string of the molecule is CCN(CC(=O)OC)c1cc(OC)c([N+](=O)[O-])cc1F. The Morgan fingerprint density at radius 3 is 2.55 bits per heavy atom. The van der Waals surface area contributed by atoms with E-state index in [1.807, 2.05) is 0 Å². The van der Waals surface area contributed by atoms with E-state index in [0.29, 0.717) is 6.54 Å². The fraction of sp³-hybridized carbons (Fsp3) is 0.417. The van der Waals surface area contributed by atoms with Gasteiger partial charge in [0.2, 0.25) is 0 Å². The van der Waals surface area contributed by atoms with E-state index in [4.69, 9.17) is 4.74 Å². The Hall–Kier alpha value is -2.38. The molecule has 0 N–H and O–H groups in total. The van der Waals surface area contributed by atoms with Crippen LogP contribution in [0, 0.1) is 15.9 Å². The van der Waals surface area contributed by atoms with Crippen molar-refractivity contribution in [3.05, 3.63) is 28.1 Å². The number of halogens is 1. The van der Waals surface area contributed by atoms with Crippen LogP contribution < -0.4 is 9.64 Å². The van der Waals surface area contributed by atoms with Gasteiger partial charge in [-0.1, -0.05) is 0 Å². The highest BCUT2D eigenvalue weighted by molar-refractivity contribution is 5.76. The summed E-state index contributed by atoms with van der Waals surface area (Å²) in [5.74, 6) is -1.42. The van der Waals surface area contributed by atoms with Gasteiger partial charge in [0.15, 0.2) is 11.6 Å². The lowest BCUT2D eigenvalue weighted by molar-refractivity contribution is -0.385. The van der Waals surface area contributed by atoms with Crippen LogP contribution >= 0.6 is 0 Å². The molecule has 20 heavy (non-hydrogen) atoms. The van der Waals surface area contributed by atoms with Gasteiger partial charge in [-0.3, -0.25) is 14.9 Å². The zero-order valence-corrected chi connectivity index (χ0v) is 11.4. The van der Waals surface area contributed by atoms with Crippen molar-refractivity contribution >= 4 is 17.3 Å². The van der Waals surface area contributed by atoms with Crippen LogP contribution in [0.1, 0.15) is 6.92 Å². The van der Waals surface area contributed by atoms with Crippen LogP contribution in [0.2, 0.25) is 0 Å². The molecule has 7 nitrogen and oxygen atoms in total. The van der Waals surface area contributed by atoms with E-state index in [1.165, 1.54) is 25.2 Å². The van der Waals surface area contributed by atoms with Crippen LogP contribution in [0.4, 0.5) is 15.8 Å². The molecular formula is C12H15FN2O5. The predicted molar refractivity (Wildman–Crippen MR) is 69.5 cm³/mol. The summed E-state index contributed by atoms with van der Waals surface area (Å²) in [4.78, 5) is 22.7. The van der Waals surface area contributed by atoms with E-state index in [0.717, 1.165) is 6.07 Å². The molecule has 0 saturated carbocycles. The molecule has 0 aliphatic rings. The van der Waals surface area contributed by atoms with Crippen molar-refractivity contribution in [3.8, 4) is 5.75 Å². The lowest BCUT2D eigenvalue weighted by Gasteiger charge is -2.22. The minimum atomic E-state index is -0.803. The Bertz CT molecular complexity index is 521. The van der Waals surface area contributed by atoms with E-state index in [9.17, 15) is 19.3 Å². The fourth-order valence-corrected chi connectivity index (χ4v) is 1.67. The summed E-state index contributed by atoms with van der Waals surface area (Å²) in [7, 11) is 2.48. The van der Waals surface area contributed by atoms with Crippen molar-refractivity contribution in [1.29, 1.82) is 0 Å². The molecule has 0 aliphatic heterocycles. The number of anilines is 1. The molecule has 0 saturated heterocycles. The molecule has 0 radical (unpaired) electrons. The zero-order chi connectivity index (χ0) is 15.3. The maximum absolute atomic E-state index is 14.0. The first-order valence-electron chi connectivity index (χ1n) is 5.78. The van der Waals surface area contributed by atoms with Crippen LogP contribution in [-0.4, -0.2) is 38.2 Å². The number of hydrogen-bond acceptors (Lipinski definition) is 6. The minimum absolute atomic E-state index is 0.0420. The summed E-state index contributed by atoms with van der Waals surface area (Å²) in [6, 6.07) is 1.97. The van der Waals surface area contributed by atoms with Gasteiger partial charge in [-0.15, -0.1) is 0 Å². The highest BCUT2D eigenvalue weighted by atomic mass is 19.1. The molecule has 0 unspecified atom stereocenters. The second kappa shape index (κ2) is 6.69. The standard InChI is InChI=1S/C12H15FN2O5/c1-4-14(7-12(16)20-3)9-6-11(19-2)10(15(17)18)5-8(9)13/h5-6H,4,7H2,1-3H3. The molecule has 0 aliphatic carbocycles. The number of ether oxygens (including phenoxy) is 2. The Kier molecular flexibility index (Phi) is 5.24. The molecule has 1 rings (SSSR count). The highest BCUT2D eigenvalue weighted by Crippen LogP contribution is 2.34. The maximum Gasteiger partial charge on any atom is 0.325 e. The van der Waals surface area contributed by atoms with Gasteiger partial charge < -0.3 is 14.4 Å². The van der Waals surface area contributed by atoms with E-state index >= 15 is 0 Å². The van der Waals surface area contributed by atoms with Crippen LogP contribution in [0.5, 0.6) is 5.75 Å². The van der Waals surface area contributed by atoms with Crippen molar-refractivity contribution < 1.29 is 23.6 Å². The topological polar surface area (TPSA) is 81.9 Å². The number of benzene rings is 1. The Morgan fingerprint density at radius 1 is 1.45 bits per heavy atom. The van der Waals surface area contributed by atoms with Gasteiger partial charge in [-0.25, -0.2) is 4.39 Å². The monoisotopic (exact) mass is 286 g/mol. The smallest absolute Gasteiger partial charge is 0.325 e. The van der Waals surface area contributed by atoms with E-state index in [-0.39, 0.29) is 18.0 Å². The second-order valence-electron chi connectivity index (χ2n) is 3.82. The first-order chi connectivity index (χ1) is 9.44. The van der Waals surface area contributed by atoms with Crippen molar-refractivity contribution in [1.82, 2.24) is 0 Å². The lowest BCUT2D eigenvalue weighted by atomic mass is 10.2. The average Bonchev–Trinajstić information content (AvgIpc) is 2.44. The number of methoxy groups -OCH3 is 2. The second-order valence-corrected chi connectivity index (χ2v) is 3.82. The van der Waals surface area contributed by atoms with Gasteiger partial charge >= 0.3 is 11.7 Å². The summed E-state index contributed by atoms with van der Waals surface area (Å²) in [6.45, 7) is 1.88. The van der Waals surface area contributed by atoms with Gasteiger partial charge in [0.1, 0.15) is 6.54 Å². The normalized spacial score (nSPS) is 10.0. The third kappa shape index (κ3) is 3.34. The summed E-state index contributed by atoms with van der Waals surface area (Å²) in [5, 5.41) is 10.8. The average molecular weight is 286 g/mol. The first kappa shape index (κ1) is 15.7. The number of carbonyl (C=O) groups is 1. The Balaban J connectivity index is 3.22. The van der Waals surface area contributed by atoms with Crippen molar-refractivity contribution in [3.63, 3.8) is 0 Å². The van der Waals surface area contributed by atoms with Gasteiger partial charge in [0, 0.05) is 12.6 Å². The van der Waals surface area contributed by atoms with Gasteiger partial charge in [-0.05, 0) is 6.92 Å². The van der Waals surface area contributed by atoms with Crippen molar-refractivity contribution in [2.45, 2.75) is 6.92 Å². The lowest BCUT2D eigenvalue weighted by Crippen LogP contribution is -2.31. The molecule has 0 heterocycles. The fourth-order valence-electron chi connectivity index (χ4n) is 1.67. The maximum atomic E-state index is 14.0. The number of nitrogens with zero attached hydrogens (tertiary/aromatic N) is 2. The molecule has 0 atom stereocenters. The number of rotatable bonds is 6. The summed E-state index contributed by atoms with van der Waals surface area (Å²) in [5.41, 5.74) is -0.428. The van der Waals surface area contributed by atoms with Gasteiger partial charge in [-0.2, -0.15) is 0 Å². The van der Waals surface area contributed by atoms with Crippen molar-refractivity contribution in [2.24, 2.45) is 0 Å². The molecule has 0 bridgehead atoms. The quantitative estimate of drug-likeness (QED) is 0.450. The zero-order valence-electron chi connectivity index (χ0n) is 11.4. The summed E-state index contributed by atoms with van der Waals surface area (Å²) in [6.07, 6.45) is 0. The molecule has 0 spiro atoms. The molecule has 1 aromatic rings. The molecular weight excluding hydrogens is 271 g/mol. The van der Waals surface area contributed by atoms with Crippen LogP contribution in [-0.2, 0) is 9.53 Å². The number of carbonyl (C=O) groups excluding carboxylic acids is 1. The molecule has 0 fully saturated rings. The molecule has 110 valence electrons. The van der Waals surface area contributed by atoms with Crippen LogP contribution in [0.15, 0.2) is 12.1 Å². The number of likely N-dealkylation sites (N-methyl/N-ethyl adjacent to an activating group) is 1. The minimum Gasteiger partial charge on any atom is -0.490 e. The third-order valence-corrected chi connectivity index (χ3v) is 2.72. The number of nitro groups is 1. The molecule has 8 heteroatoms. The molecule has 0 amide bonds. The number of esters is 1. The van der Waals surface area contributed by atoms with E-state index in [1.54, 1.807) is 6.92 Å². The van der Waals surface area contributed by atoms with E-state index in [2.05, 4.69) is 4.74 Å². The predicted octanol–water partition coefficient (Wildman–Crippen LogP) is 1.74. The van der Waals surface area contributed by atoms with Gasteiger partial charge in [0.05, 0.1) is 30.9 Å². The first-order valence-corrected chi connectivity index (χ1v) is 5.78. The molecule has 0 aromatic heterocycles. The van der Waals surface area contributed by atoms with Crippen LogP contribution in [0.25, 0.3) is 0 Å². The Labute approximate surface area is 115 Å². The van der Waals surface area contributed by atoms with Gasteiger partial charge in [0.25, 0.3) is 0 Å². The number of nitro benzene ring substituents is 1. The largest absolute Gasteiger partial charge is 0.490 e. The summed E-state index contributed by atoms with van der Waals surface area (Å²) < 4.78 is 23.4. The summed E-state index contributed by atoms with van der Waals surface area (Å²) >= 11 is 0. The Morgan fingerprint density at radius 2 is 2.10 bits per heavy atom. The van der Waals surface area contributed by atoms with Crippen LogP contribution in [0.3, 0.4) is 0 Å². The van der Waals surface area contributed by atoms with E-state index < -0.39 is 22.4 Å². The molecule has 1 aromatic carbocycles. The third-order valence-electron chi connectivity index (χ3n) is 2.72. The number of hydrogen-bond donors (Lipinski definition) is 0. The highest BCUT2D eigenvalue weighted by Gasteiger charge is 2.22. The van der Waals surface area contributed by atoms with Crippen molar-refractivity contribution in [2.75, 3.05) is 32.2 Å².